The molecule has 5 rings (SSSR count). The Kier molecular flexibility index (Phi) is 4.04. The normalized spacial score (nSPS) is 13.3. The molecular formula is C22H20N6O2. The molecule has 1 amide bonds. The van der Waals surface area contributed by atoms with Gasteiger partial charge in [0.25, 0.3) is 11.5 Å². The smallest absolute Gasteiger partial charge is 0.272 e. The molecule has 3 heterocycles. The second-order valence-corrected chi connectivity index (χ2v) is 7.47. The summed E-state index contributed by atoms with van der Waals surface area (Å²) in [5.41, 5.74) is 10.5. The fraction of sp³-hybridized carbons (Fsp3) is 0.182. The highest BCUT2D eigenvalue weighted by atomic mass is 16.2. The lowest BCUT2D eigenvalue weighted by atomic mass is 10.0. The van der Waals surface area contributed by atoms with Crippen molar-refractivity contribution < 1.29 is 4.79 Å². The number of nitrogens with zero attached hydrogens (tertiary/aromatic N) is 4. The van der Waals surface area contributed by atoms with Gasteiger partial charge in [-0.15, -0.1) is 0 Å². The van der Waals surface area contributed by atoms with Gasteiger partial charge in [0, 0.05) is 30.1 Å². The zero-order chi connectivity index (χ0) is 21.0. The Morgan fingerprint density at radius 3 is 2.77 bits per heavy atom. The van der Waals surface area contributed by atoms with E-state index in [0.717, 1.165) is 27.8 Å². The van der Waals surface area contributed by atoms with E-state index >= 15 is 0 Å². The molecule has 30 heavy (non-hydrogen) atoms. The van der Waals surface area contributed by atoms with E-state index in [-0.39, 0.29) is 18.0 Å². The summed E-state index contributed by atoms with van der Waals surface area (Å²) in [4.78, 5) is 27.1. The number of fused-ring (bicyclic) bond motifs is 2. The molecule has 2 aromatic heterocycles. The summed E-state index contributed by atoms with van der Waals surface area (Å²) in [6, 6.07) is 11.4. The molecule has 0 aliphatic carbocycles. The van der Waals surface area contributed by atoms with Gasteiger partial charge in [0.1, 0.15) is 5.82 Å². The predicted octanol–water partition coefficient (Wildman–Crippen LogP) is 2.25. The van der Waals surface area contributed by atoms with Crippen molar-refractivity contribution in [2.24, 2.45) is 12.8 Å². The van der Waals surface area contributed by atoms with E-state index in [4.69, 9.17) is 5.73 Å². The minimum absolute atomic E-state index is 0.0329. The molecule has 0 spiro atoms. The summed E-state index contributed by atoms with van der Waals surface area (Å²) >= 11 is 0. The number of amides is 1. The van der Waals surface area contributed by atoms with Crippen LogP contribution in [0.15, 0.2) is 47.4 Å². The number of H-pyrrole nitrogens is 1. The SMILES string of the molecule is Cc1cccc2c1C(=O)N(c1c(-c3ccc4c(=O)[nH]nc(CN)c4c3)cnn1C)C2. The third kappa shape index (κ3) is 2.57. The number of nitrogens with two attached hydrogens (primary N) is 1. The van der Waals surface area contributed by atoms with Crippen molar-refractivity contribution in [1.82, 2.24) is 20.0 Å². The Morgan fingerprint density at radius 2 is 2.00 bits per heavy atom. The van der Waals surface area contributed by atoms with Gasteiger partial charge in [0.15, 0.2) is 0 Å². The van der Waals surface area contributed by atoms with E-state index in [9.17, 15) is 9.59 Å². The van der Waals surface area contributed by atoms with Crippen LogP contribution >= 0.6 is 0 Å². The topological polar surface area (TPSA) is 110 Å². The van der Waals surface area contributed by atoms with Crippen molar-refractivity contribution in [2.45, 2.75) is 20.0 Å². The van der Waals surface area contributed by atoms with Gasteiger partial charge in [-0.1, -0.05) is 24.3 Å². The first-order chi connectivity index (χ1) is 14.5. The number of carbonyl (C=O) groups is 1. The largest absolute Gasteiger partial charge is 0.325 e. The van der Waals surface area contributed by atoms with Gasteiger partial charge in [-0.3, -0.25) is 19.2 Å². The molecule has 8 nitrogen and oxygen atoms in total. The lowest BCUT2D eigenvalue weighted by Crippen LogP contribution is -2.26. The van der Waals surface area contributed by atoms with Crippen molar-refractivity contribution in [1.29, 1.82) is 0 Å². The molecule has 0 saturated carbocycles. The first-order valence-electron chi connectivity index (χ1n) is 9.63. The monoisotopic (exact) mass is 400 g/mol. The highest BCUT2D eigenvalue weighted by Crippen LogP contribution is 2.37. The third-order valence-corrected chi connectivity index (χ3v) is 5.68. The molecule has 1 aliphatic rings. The molecule has 2 aromatic carbocycles. The Bertz CT molecular complexity index is 1380. The zero-order valence-electron chi connectivity index (χ0n) is 16.6. The maximum absolute atomic E-state index is 13.2. The Labute approximate surface area is 171 Å². The Balaban J connectivity index is 1.67. The van der Waals surface area contributed by atoms with Crippen molar-refractivity contribution >= 4 is 22.5 Å². The molecular weight excluding hydrogens is 380 g/mol. The standard InChI is InChI=1S/C22H20N6O2/c1-12-4-3-5-14-11-28(22(30)19(12)14)21-17(10-24-27(21)2)13-6-7-15-16(8-13)18(9-23)25-26-20(15)29/h3-8,10H,9,11,23H2,1-2H3,(H,26,29). The van der Waals surface area contributed by atoms with Crippen LogP contribution in [0.2, 0.25) is 0 Å². The van der Waals surface area contributed by atoms with Crippen molar-refractivity contribution in [3.63, 3.8) is 0 Å². The number of rotatable bonds is 3. The summed E-state index contributed by atoms with van der Waals surface area (Å²) in [6.45, 7) is 2.65. The Morgan fingerprint density at radius 1 is 1.17 bits per heavy atom. The van der Waals surface area contributed by atoms with Crippen LogP contribution in [-0.4, -0.2) is 25.9 Å². The van der Waals surface area contributed by atoms with Crippen LogP contribution < -0.4 is 16.2 Å². The summed E-state index contributed by atoms with van der Waals surface area (Å²) in [6.07, 6.45) is 1.74. The lowest BCUT2D eigenvalue weighted by Gasteiger charge is -2.18. The van der Waals surface area contributed by atoms with Crippen LogP contribution in [-0.2, 0) is 20.1 Å². The second-order valence-electron chi connectivity index (χ2n) is 7.47. The maximum atomic E-state index is 13.2. The van der Waals surface area contributed by atoms with E-state index in [0.29, 0.717) is 28.8 Å². The molecule has 3 N–H and O–H groups in total. The number of benzene rings is 2. The van der Waals surface area contributed by atoms with Crippen LogP contribution in [0, 0.1) is 6.92 Å². The van der Waals surface area contributed by atoms with Crippen LogP contribution in [0.1, 0.15) is 27.2 Å². The molecule has 150 valence electrons. The van der Waals surface area contributed by atoms with Gasteiger partial charge in [0.2, 0.25) is 0 Å². The highest BCUT2D eigenvalue weighted by Gasteiger charge is 2.33. The van der Waals surface area contributed by atoms with Crippen LogP contribution in [0.5, 0.6) is 0 Å². The van der Waals surface area contributed by atoms with E-state index < -0.39 is 0 Å². The number of carbonyl (C=O) groups excluding carboxylic acids is 1. The fourth-order valence-corrected chi connectivity index (χ4v) is 4.21. The van der Waals surface area contributed by atoms with E-state index in [2.05, 4.69) is 15.3 Å². The number of anilines is 1. The lowest BCUT2D eigenvalue weighted by molar-refractivity contribution is 0.0994. The van der Waals surface area contributed by atoms with Gasteiger partial charge in [0.05, 0.1) is 23.8 Å². The molecule has 0 unspecified atom stereocenters. The number of aryl methyl sites for hydroxylation is 2. The molecule has 0 fully saturated rings. The average molecular weight is 400 g/mol. The zero-order valence-corrected chi connectivity index (χ0v) is 16.6. The van der Waals surface area contributed by atoms with Crippen molar-refractivity contribution in [3.05, 3.63) is 75.3 Å². The van der Waals surface area contributed by atoms with Gasteiger partial charge >= 0.3 is 0 Å². The van der Waals surface area contributed by atoms with Crippen molar-refractivity contribution in [3.8, 4) is 11.1 Å². The fourth-order valence-electron chi connectivity index (χ4n) is 4.21. The first-order valence-corrected chi connectivity index (χ1v) is 9.63. The summed E-state index contributed by atoms with van der Waals surface area (Å²) in [5, 5.41) is 12.2. The molecule has 0 saturated heterocycles. The van der Waals surface area contributed by atoms with Crippen molar-refractivity contribution in [2.75, 3.05) is 4.90 Å². The summed E-state index contributed by atoms with van der Waals surface area (Å²) < 4.78 is 1.71. The van der Waals surface area contributed by atoms with Gasteiger partial charge in [-0.05, 0) is 35.7 Å². The summed E-state index contributed by atoms with van der Waals surface area (Å²) in [7, 11) is 1.82. The number of hydrogen-bond donors (Lipinski definition) is 2. The van der Waals surface area contributed by atoms with Gasteiger partial charge < -0.3 is 5.73 Å². The molecule has 0 atom stereocenters. The number of nitrogens with one attached hydrogen (secondary N) is 1. The van der Waals surface area contributed by atoms with Crippen LogP contribution in [0.3, 0.4) is 0 Å². The quantitative estimate of drug-likeness (QED) is 0.548. The minimum Gasteiger partial charge on any atom is -0.325 e. The number of aromatic amines is 1. The molecule has 0 bridgehead atoms. The molecule has 0 radical (unpaired) electrons. The molecule has 8 heteroatoms. The number of hydrogen-bond acceptors (Lipinski definition) is 5. The van der Waals surface area contributed by atoms with E-state index in [1.54, 1.807) is 21.8 Å². The van der Waals surface area contributed by atoms with Crippen LogP contribution in [0.4, 0.5) is 5.82 Å². The highest BCUT2D eigenvalue weighted by molar-refractivity contribution is 6.12. The third-order valence-electron chi connectivity index (χ3n) is 5.68. The van der Waals surface area contributed by atoms with E-state index in [1.807, 2.05) is 44.3 Å². The average Bonchev–Trinajstić information content (AvgIpc) is 3.28. The molecule has 1 aliphatic heterocycles. The van der Waals surface area contributed by atoms with Crippen LogP contribution in [0.25, 0.3) is 21.9 Å². The van der Waals surface area contributed by atoms with Gasteiger partial charge in [-0.2, -0.15) is 10.2 Å². The van der Waals surface area contributed by atoms with E-state index in [1.165, 1.54) is 0 Å². The number of aromatic nitrogens is 4. The predicted molar refractivity (Wildman–Crippen MR) is 114 cm³/mol. The summed E-state index contributed by atoms with van der Waals surface area (Å²) in [5.74, 6) is 0.677. The first kappa shape index (κ1) is 18.3. The maximum Gasteiger partial charge on any atom is 0.272 e. The Hall–Kier alpha value is -3.78. The molecule has 4 aromatic rings. The van der Waals surface area contributed by atoms with Gasteiger partial charge in [-0.25, -0.2) is 5.10 Å². The minimum atomic E-state index is -0.263. The second kappa shape index (κ2) is 6.64.